The molecule has 0 fully saturated rings. The first-order valence-electron chi connectivity index (χ1n) is 4.38. The molecule has 0 radical (unpaired) electrons. The normalized spacial score (nSPS) is 10.3. The van der Waals surface area contributed by atoms with Crippen LogP contribution in [0.4, 0.5) is 5.82 Å². The topological polar surface area (TPSA) is 64.7 Å². The van der Waals surface area contributed by atoms with Crippen LogP contribution in [-0.4, -0.2) is 15.0 Å². The molecule has 0 aliphatic carbocycles. The van der Waals surface area contributed by atoms with Crippen molar-refractivity contribution in [2.45, 2.75) is 6.92 Å². The minimum atomic E-state index is 0.415. The molecule has 2 heterocycles. The third-order valence-corrected chi connectivity index (χ3v) is 2.19. The van der Waals surface area contributed by atoms with Gasteiger partial charge in [0.1, 0.15) is 11.0 Å². The quantitative estimate of drug-likeness (QED) is 0.748. The highest BCUT2D eigenvalue weighted by Gasteiger charge is 2.05. The van der Waals surface area contributed by atoms with Gasteiger partial charge in [-0.2, -0.15) is 0 Å². The molecule has 76 valence electrons. The van der Waals surface area contributed by atoms with E-state index in [1.807, 2.05) is 13.0 Å². The van der Waals surface area contributed by atoms with Gasteiger partial charge in [-0.3, -0.25) is 4.98 Å². The zero-order valence-corrected chi connectivity index (χ0v) is 8.86. The highest BCUT2D eigenvalue weighted by atomic mass is 35.5. The molecule has 0 aliphatic heterocycles. The van der Waals surface area contributed by atoms with E-state index in [-0.39, 0.29) is 0 Å². The summed E-state index contributed by atoms with van der Waals surface area (Å²) in [5.41, 5.74) is 7.95. The second-order valence-corrected chi connectivity index (χ2v) is 3.49. The van der Waals surface area contributed by atoms with Crippen molar-refractivity contribution in [3.63, 3.8) is 0 Å². The maximum Gasteiger partial charge on any atom is 0.142 e. The van der Waals surface area contributed by atoms with Crippen LogP contribution in [-0.2, 0) is 0 Å². The monoisotopic (exact) mass is 220 g/mol. The Balaban J connectivity index is 2.49. The summed E-state index contributed by atoms with van der Waals surface area (Å²) in [6.45, 7) is 1.85. The number of hydrogen-bond donors (Lipinski definition) is 1. The Morgan fingerprint density at radius 3 is 2.60 bits per heavy atom. The van der Waals surface area contributed by atoms with Crippen molar-refractivity contribution in [2.24, 2.45) is 0 Å². The molecule has 0 saturated carbocycles. The largest absolute Gasteiger partial charge is 0.382 e. The fraction of sp³-hybridized carbons (Fsp3) is 0.100. The second-order valence-electron chi connectivity index (χ2n) is 3.10. The first kappa shape index (κ1) is 9.86. The van der Waals surface area contributed by atoms with Gasteiger partial charge in [0.05, 0.1) is 17.6 Å². The fourth-order valence-electron chi connectivity index (χ4n) is 1.30. The second kappa shape index (κ2) is 3.82. The summed E-state index contributed by atoms with van der Waals surface area (Å²) in [6, 6.07) is 3.57. The molecule has 2 aromatic heterocycles. The molecule has 15 heavy (non-hydrogen) atoms. The SMILES string of the molecule is Cc1nc(N)cnc1-c1ccc(Cl)nc1. The Hall–Kier alpha value is -1.68. The molecule has 0 bridgehead atoms. The van der Waals surface area contributed by atoms with E-state index >= 15 is 0 Å². The highest BCUT2D eigenvalue weighted by Crippen LogP contribution is 2.20. The van der Waals surface area contributed by atoms with Crippen LogP contribution < -0.4 is 5.73 Å². The standard InChI is InChI=1S/C10H9ClN4/c1-6-10(14-5-9(12)15-6)7-2-3-8(11)13-4-7/h2-5H,1H3,(H2,12,15). The lowest BCUT2D eigenvalue weighted by atomic mass is 10.2. The summed E-state index contributed by atoms with van der Waals surface area (Å²) in [4.78, 5) is 12.3. The van der Waals surface area contributed by atoms with Crippen LogP contribution in [0.5, 0.6) is 0 Å². The predicted molar refractivity (Wildman–Crippen MR) is 59.4 cm³/mol. The number of rotatable bonds is 1. The zero-order chi connectivity index (χ0) is 10.8. The maximum absolute atomic E-state index is 5.70. The van der Waals surface area contributed by atoms with Gasteiger partial charge in [0.15, 0.2) is 0 Å². The average molecular weight is 221 g/mol. The Morgan fingerprint density at radius 1 is 1.20 bits per heavy atom. The van der Waals surface area contributed by atoms with Gasteiger partial charge in [0.2, 0.25) is 0 Å². The summed E-state index contributed by atoms with van der Waals surface area (Å²) in [5, 5.41) is 0.458. The van der Waals surface area contributed by atoms with Crippen molar-refractivity contribution in [3.8, 4) is 11.3 Å². The molecule has 2 rings (SSSR count). The number of aryl methyl sites for hydroxylation is 1. The molecule has 2 aromatic rings. The number of hydrogen-bond acceptors (Lipinski definition) is 4. The van der Waals surface area contributed by atoms with E-state index in [1.54, 1.807) is 12.3 Å². The minimum absolute atomic E-state index is 0.415. The van der Waals surface area contributed by atoms with Gasteiger partial charge in [-0.25, -0.2) is 9.97 Å². The van der Waals surface area contributed by atoms with Gasteiger partial charge >= 0.3 is 0 Å². The molecule has 0 atom stereocenters. The lowest BCUT2D eigenvalue weighted by Crippen LogP contribution is -1.97. The van der Waals surface area contributed by atoms with Crippen molar-refractivity contribution < 1.29 is 0 Å². The lowest BCUT2D eigenvalue weighted by molar-refractivity contribution is 1.13. The minimum Gasteiger partial charge on any atom is -0.382 e. The first-order chi connectivity index (χ1) is 7.16. The van der Waals surface area contributed by atoms with E-state index in [2.05, 4.69) is 15.0 Å². The van der Waals surface area contributed by atoms with Crippen LogP contribution in [0.25, 0.3) is 11.3 Å². The summed E-state index contributed by atoms with van der Waals surface area (Å²) < 4.78 is 0. The number of anilines is 1. The lowest BCUT2D eigenvalue weighted by Gasteiger charge is -2.04. The molecular weight excluding hydrogens is 212 g/mol. The van der Waals surface area contributed by atoms with Crippen molar-refractivity contribution >= 4 is 17.4 Å². The average Bonchev–Trinajstić information content (AvgIpc) is 2.20. The molecule has 4 nitrogen and oxygen atoms in total. The number of halogens is 1. The van der Waals surface area contributed by atoms with E-state index < -0.39 is 0 Å². The van der Waals surface area contributed by atoms with Gasteiger partial charge in [-0.05, 0) is 19.1 Å². The van der Waals surface area contributed by atoms with Crippen LogP contribution in [0, 0.1) is 6.92 Å². The first-order valence-corrected chi connectivity index (χ1v) is 4.75. The zero-order valence-electron chi connectivity index (χ0n) is 8.11. The van der Waals surface area contributed by atoms with Gasteiger partial charge in [-0.1, -0.05) is 11.6 Å². The molecule has 0 saturated heterocycles. The fourth-order valence-corrected chi connectivity index (χ4v) is 1.41. The molecule has 5 heteroatoms. The maximum atomic E-state index is 5.70. The van der Waals surface area contributed by atoms with Gasteiger partial charge < -0.3 is 5.73 Å². The third-order valence-electron chi connectivity index (χ3n) is 1.97. The van der Waals surface area contributed by atoms with E-state index in [9.17, 15) is 0 Å². The van der Waals surface area contributed by atoms with Gasteiger partial charge in [0.25, 0.3) is 0 Å². The number of nitrogens with two attached hydrogens (primary N) is 1. The summed E-state index contributed by atoms with van der Waals surface area (Å²) in [7, 11) is 0. The van der Waals surface area contributed by atoms with Crippen molar-refractivity contribution in [1.29, 1.82) is 0 Å². The summed E-state index contributed by atoms with van der Waals surface area (Å²) in [5.74, 6) is 0.415. The van der Waals surface area contributed by atoms with E-state index in [4.69, 9.17) is 17.3 Å². The van der Waals surface area contributed by atoms with Crippen LogP contribution in [0.1, 0.15) is 5.69 Å². The number of nitrogen functional groups attached to an aromatic ring is 1. The number of pyridine rings is 1. The van der Waals surface area contributed by atoms with Crippen molar-refractivity contribution in [2.75, 3.05) is 5.73 Å². The predicted octanol–water partition coefficient (Wildman–Crippen LogP) is 2.08. The van der Waals surface area contributed by atoms with E-state index in [0.29, 0.717) is 11.0 Å². The van der Waals surface area contributed by atoms with Crippen LogP contribution in [0.2, 0.25) is 5.15 Å². The summed E-state index contributed by atoms with van der Waals surface area (Å²) >= 11 is 5.70. The number of nitrogens with zero attached hydrogens (tertiary/aromatic N) is 3. The van der Waals surface area contributed by atoms with Crippen molar-refractivity contribution in [3.05, 3.63) is 35.4 Å². The van der Waals surface area contributed by atoms with Gasteiger partial charge in [-0.15, -0.1) is 0 Å². The third kappa shape index (κ3) is 2.05. The van der Waals surface area contributed by atoms with E-state index in [1.165, 1.54) is 6.20 Å². The van der Waals surface area contributed by atoms with Crippen LogP contribution in [0.3, 0.4) is 0 Å². The highest BCUT2D eigenvalue weighted by molar-refractivity contribution is 6.29. The van der Waals surface area contributed by atoms with Crippen LogP contribution >= 0.6 is 11.6 Å². The molecule has 0 aliphatic rings. The Morgan fingerprint density at radius 2 is 2.00 bits per heavy atom. The van der Waals surface area contributed by atoms with Crippen molar-refractivity contribution in [1.82, 2.24) is 15.0 Å². The Labute approximate surface area is 92.2 Å². The molecule has 0 aromatic carbocycles. The van der Waals surface area contributed by atoms with E-state index in [0.717, 1.165) is 17.0 Å². The number of aromatic nitrogens is 3. The molecular formula is C10H9ClN4. The Bertz CT molecular complexity index is 481. The molecule has 0 spiro atoms. The smallest absolute Gasteiger partial charge is 0.142 e. The molecule has 0 amide bonds. The summed E-state index contributed by atoms with van der Waals surface area (Å²) in [6.07, 6.45) is 3.19. The van der Waals surface area contributed by atoms with Crippen LogP contribution in [0.15, 0.2) is 24.5 Å². The van der Waals surface area contributed by atoms with Gasteiger partial charge in [0, 0.05) is 11.8 Å². The molecule has 0 unspecified atom stereocenters. The molecule has 2 N–H and O–H groups in total. The Kier molecular flexibility index (Phi) is 2.51.